The highest BCUT2D eigenvalue weighted by molar-refractivity contribution is 6.03. The molecule has 2 N–H and O–H groups in total. The molecule has 0 spiro atoms. The molecule has 26 heavy (non-hydrogen) atoms. The van der Waals surface area contributed by atoms with Gasteiger partial charge in [-0.1, -0.05) is 36.4 Å². The number of aromatic hydroxyl groups is 1. The number of phenolic OH excluding ortho intramolecular Hbond substituents is 1. The highest BCUT2D eigenvalue weighted by Crippen LogP contribution is 2.35. The Balaban J connectivity index is 1.89. The van der Waals surface area contributed by atoms with Crippen molar-refractivity contribution in [2.45, 2.75) is 0 Å². The maximum Gasteiger partial charge on any atom is 0.344 e. The first-order valence-electron chi connectivity index (χ1n) is 7.65. The minimum Gasteiger partial charge on any atom is -0.504 e. The zero-order valence-corrected chi connectivity index (χ0v) is 13.5. The van der Waals surface area contributed by atoms with Crippen molar-refractivity contribution in [3.05, 3.63) is 83.9 Å². The van der Waals surface area contributed by atoms with Crippen LogP contribution in [0.1, 0.15) is 20.7 Å². The first-order valence-corrected chi connectivity index (χ1v) is 7.65. The molecule has 0 amide bonds. The van der Waals surface area contributed by atoms with Gasteiger partial charge in [0.2, 0.25) is 0 Å². The highest BCUT2D eigenvalue weighted by Gasteiger charge is 2.19. The van der Waals surface area contributed by atoms with E-state index >= 15 is 0 Å². The molecule has 0 saturated heterocycles. The Hall–Kier alpha value is -3.80. The lowest BCUT2D eigenvalue weighted by molar-refractivity contribution is 0.0666. The Labute approximate surface area is 148 Å². The number of para-hydroxylation sites is 4. The zero-order chi connectivity index (χ0) is 18.5. The Morgan fingerprint density at radius 3 is 1.88 bits per heavy atom. The van der Waals surface area contributed by atoms with Crippen LogP contribution in [0.3, 0.4) is 0 Å². The van der Waals surface area contributed by atoms with Gasteiger partial charge in [-0.2, -0.15) is 0 Å². The molecule has 3 rings (SSSR count). The normalized spacial score (nSPS) is 10.2. The molecule has 3 aromatic rings. The molecule has 0 bridgehead atoms. The molecule has 0 heterocycles. The van der Waals surface area contributed by atoms with Gasteiger partial charge in [0.15, 0.2) is 23.0 Å². The van der Waals surface area contributed by atoms with Crippen LogP contribution in [0.25, 0.3) is 0 Å². The standard InChI is InChI=1S/C20H14O6/c21-15-9-3-4-10-16(15)25-17-11-5-6-12-18(17)26-20(24)14-8-2-1-7-13(14)19(22)23/h1-12,21H,(H,22,23). The lowest BCUT2D eigenvalue weighted by atomic mass is 10.1. The lowest BCUT2D eigenvalue weighted by Crippen LogP contribution is -2.14. The summed E-state index contributed by atoms with van der Waals surface area (Å²) in [5.74, 6) is -1.62. The van der Waals surface area contributed by atoms with E-state index in [-0.39, 0.29) is 34.1 Å². The van der Waals surface area contributed by atoms with Crippen molar-refractivity contribution in [2.24, 2.45) is 0 Å². The minimum atomic E-state index is -1.23. The molecule has 0 aliphatic carbocycles. The van der Waals surface area contributed by atoms with Crippen LogP contribution < -0.4 is 9.47 Å². The number of phenols is 1. The van der Waals surface area contributed by atoms with Gasteiger partial charge < -0.3 is 19.7 Å². The average molecular weight is 350 g/mol. The minimum absolute atomic E-state index is 0.0650. The number of benzene rings is 3. The van der Waals surface area contributed by atoms with E-state index in [0.29, 0.717) is 0 Å². The van der Waals surface area contributed by atoms with Crippen molar-refractivity contribution in [3.63, 3.8) is 0 Å². The fraction of sp³-hybridized carbons (Fsp3) is 0. The van der Waals surface area contributed by atoms with E-state index in [0.717, 1.165) is 0 Å². The van der Waals surface area contributed by atoms with Gasteiger partial charge in [0.25, 0.3) is 0 Å². The summed E-state index contributed by atoms with van der Waals surface area (Å²) < 4.78 is 10.9. The molecular weight excluding hydrogens is 336 g/mol. The van der Waals surface area contributed by atoms with Crippen molar-refractivity contribution in [3.8, 4) is 23.0 Å². The van der Waals surface area contributed by atoms with Gasteiger partial charge in [-0.05, 0) is 36.4 Å². The molecule has 0 aliphatic rings. The van der Waals surface area contributed by atoms with E-state index in [2.05, 4.69) is 0 Å². The molecule has 130 valence electrons. The number of esters is 1. The zero-order valence-electron chi connectivity index (χ0n) is 13.5. The Bertz CT molecular complexity index is 964. The number of aromatic carboxylic acids is 1. The second kappa shape index (κ2) is 7.40. The molecule has 0 unspecified atom stereocenters. The van der Waals surface area contributed by atoms with Crippen molar-refractivity contribution < 1.29 is 29.3 Å². The van der Waals surface area contributed by atoms with Gasteiger partial charge in [0.05, 0.1) is 11.1 Å². The number of rotatable bonds is 5. The predicted octanol–water partition coefficient (Wildman–Crippen LogP) is 4.10. The van der Waals surface area contributed by atoms with E-state index in [1.54, 1.807) is 42.5 Å². The Morgan fingerprint density at radius 2 is 1.23 bits per heavy atom. The number of ether oxygens (including phenoxy) is 2. The first kappa shape index (κ1) is 17.0. The summed E-state index contributed by atoms with van der Waals surface area (Å²) in [4.78, 5) is 23.7. The third-order valence-electron chi connectivity index (χ3n) is 3.51. The van der Waals surface area contributed by atoms with Crippen LogP contribution in [0.2, 0.25) is 0 Å². The van der Waals surface area contributed by atoms with Crippen molar-refractivity contribution in [1.29, 1.82) is 0 Å². The molecule has 0 atom stereocenters. The lowest BCUT2D eigenvalue weighted by Gasteiger charge is -2.12. The Kier molecular flexibility index (Phi) is 4.85. The highest BCUT2D eigenvalue weighted by atomic mass is 16.6. The maximum absolute atomic E-state index is 12.4. The number of carboxylic acid groups (broad SMARTS) is 1. The second-order valence-corrected chi connectivity index (χ2v) is 5.26. The molecule has 0 fully saturated rings. The summed E-state index contributed by atoms with van der Waals surface area (Å²) in [5.41, 5.74) is -0.228. The predicted molar refractivity (Wildman–Crippen MR) is 93.0 cm³/mol. The van der Waals surface area contributed by atoms with E-state index < -0.39 is 11.9 Å². The molecule has 6 heteroatoms. The summed E-state index contributed by atoms with van der Waals surface area (Å²) in [6, 6.07) is 18.5. The SMILES string of the molecule is O=C(O)c1ccccc1C(=O)Oc1ccccc1Oc1ccccc1O. The van der Waals surface area contributed by atoms with Crippen LogP contribution in [-0.4, -0.2) is 22.2 Å². The molecule has 3 aromatic carbocycles. The molecule has 0 saturated carbocycles. The fourth-order valence-corrected chi connectivity index (χ4v) is 2.28. The van der Waals surface area contributed by atoms with Gasteiger partial charge in [0.1, 0.15) is 0 Å². The summed E-state index contributed by atoms with van der Waals surface area (Å²) in [5, 5.41) is 19.0. The fourth-order valence-electron chi connectivity index (χ4n) is 2.28. The quantitative estimate of drug-likeness (QED) is 0.531. The van der Waals surface area contributed by atoms with Crippen LogP contribution >= 0.6 is 0 Å². The molecule has 6 nitrogen and oxygen atoms in total. The van der Waals surface area contributed by atoms with Crippen LogP contribution in [-0.2, 0) is 0 Å². The Morgan fingerprint density at radius 1 is 0.692 bits per heavy atom. The third-order valence-corrected chi connectivity index (χ3v) is 3.51. The van der Waals surface area contributed by atoms with E-state index in [1.807, 2.05) is 0 Å². The molecule has 0 aromatic heterocycles. The average Bonchev–Trinajstić information content (AvgIpc) is 2.65. The number of hydrogen-bond donors (Lipinski definition) is 2. The summed E-state index contributed by atoms with van der Waals surface area (Å²) in [6.07, 6.45) is 0. The molecular formula is C20H14O6. The van der Waals surface area contributed by atoms with Crippen LogP contribution in [0.5, 0.6) is 23.0 Å². The third kappa shape index (κ3) is 3.64. The van der Waals surface area contributed by atoms with Gasteiger partial charge in [-0.15, -0.1) is 0 Å². The number of carbonyl (C=O) groups excluding carboxylic acids is 1. The maximum atomic E-state index is 12.4. The van der Waals surface area contributed by atoms with Crippen molar-refractivity contribution >= 4 is 11.9 Å². The summed E-state index contributed by atoms with van der Waals surface area (Å²) in [6.45, 7) is 0. The molecule has 0 radical (unpaired) electrons. The van der Waals surface area contributed by atoms with Gasteiger partial charge in [-0.25, -0.2) is 9.59 Å². The summed E-state index contributed by atoms with van der Waals surface area (Å²) >= 11 is 0. The van der Waals surface area contributed by atoms with E-state index in [9.17, 15) is 19.8 Å². The summed E-state index contributed by atoms with van der Waals surface area (Å²) in [7, 11) is 0. The van der Waals surface area contributed by atoms with Crippen LogP contribution in [0.15, 0.2) is 72.8 Å². The van der Waals surface area contributed by atoms with Crippen LogP contribution in [0.4, 0.5) is 0 Å². The topological polar surface area (TPSA) is 93.1 Å². The van der Waals surface area contributed by atoms with E-state index in [1.165, 1.54) is 30.3 Å². The van der Waals surface area contributed by atoms with Crippen molar-refractivity contribution in [1.82, 2.24) is 0 Å². The number of hydrogen-bond acceptors (Lipinski definition) is 5. The van der Waals surface area contributed by atoms with Crippen LogP contribution in [0, 0.1) is 0 Å². The van der Waals surface area contributed by atoms with Gasteiger partial charge in [-0.3, -0.25) is 0 Å². The van der Waals surface area contributed by atoms with Gasteiger partial charge >= 0.3 is 11.9 Å². The van der Waals surface area contributed by atoms with E-state index in [4.69, 9.17) is 9.47 Å². The van der Waals surface area contributed by atoms with Crippen molar-refractivity contribution in [2.75, 3.05) is 0 Å². The number of carbonyl (C=O) groups is 2. The smallest absolute Gasteiger partial charge is 0.344 e. The first-order chi connectivity index (χ1) is 12.6. The largest absolute Gasteiger partial charge is 0.504 e. The monoisotopic (exact) mass is 350 g/mol. The molecule has 0 aliphatic heterocycles. The number of carboxylic acids is 1. The second-order valence-electron chi connectivity index (χ2n) is 5.26. The van der Waals surface area contributed by atoms with Gasteiger partial charge in [0, 0.05) is 0 Å².